The summed E-state index contributed by atoms with van der Waals surface area (Å²) in [6.45, 7) is 4.36. The quantitative estimate of drug-likeness (QED) is 0.748. The highest BCUT2D eigenvalue weighted by Crippen LogP contribution is 2.64. The van der Waals surface area contributed by atoms with Crippen molar-refractivity contribution in [2.24, 2.45) is 34.5 Å². The van der Waals surface area contributed by atoms with Crippen LogP contribution in [0, 0.1) is 34.5 Å². The third-order valence-corrected chi connectivity index (χ3v) is 8.04. The van der Waals surface area contributed by atoms with E-state index in [0.29, 0.717) is 42.2 Å². The third kappa shape index (κ3) is 1.78. The predicted molar refractivity (Wildman–Crippen MR) is 83.1 cm³/mol. The fourth-order valence-corrected chi connectivity index (χ4v) is 6.83. The predicted octanol–water partition coefficient (Wildman–Crippen LogP) is 3.14. The summed E-state index contributed by atoms with van der Waals surface area (Å²) in [6.07, 6.45) is 6.86. The molecule has 4 aliphatic carbocycles. The molecular weight excluding hydrogens is 276 g/mol. The molecule has 4 aliphatic rings. The number of ketones is 2. The van der Waals surface area contributed by atoms with Crippen LogP contribution in [-0.2, 0) is 9.59 Å². The van der Waals surface area contributed by atoms with E-state index in [2.05, 4.69) is 13.8 Å². The van der Waals surface area contributed by atoms with Crippen molar-refractivity contribution in [3.8, 4) is 0 Å². The second-order valence-corrected chi connectivity index (χ2v) is 8.98. The SMILES string of the molecule is C[C@]12CC[C@H](O)C[C@H]1CC[C@H]1[C@H]2C(=O)C[C@]2(C)C(=O)CC[C@@H]12. The summed E-state index contributed by atoms with van der Waals surface area (Å²) in [7, 11) is 0. The Kier molecular flexibility index (Phi) is 3.15. The first-order chi connectivity index (χ1) is 10.4. The first-order valence-electron chi connectivity index (χ1n) is 9.10. The molecule has 1 N–H and O–H groups in total. The third-order valence-electron chi connectivity index (χ3n) is 8.04. The van der Waals surface area contributed by atoms with Crippen LogP contribution in [0.2, 0.25) is 0 Å². The van der Waals surface area contributed by atoms with Gasteiger partial charge in [0.1, 0.15) is 11.6 Å². The van der Waals surface area contributed by atoms with Gasteiger partial charge in [-0.15, -0.1) is 0 Å². The maximum Gasteiger partial charge on any atom is 0.139 e. The molecule has 0 aliphatic heterocycles. The molecule has 4 rings (SSSR count). The molecule has 122 valence electrons. The zero-order valence-corrected chi connectivity index (χ0v) is 13.8. The Balaban J connectivity index is 1.71. The molecule has 3 nitrogen and oxygen atoms in total. The van der Waals surface area contributed by atoms with Crippen LogP contribution in [-0.4, -0.2) is 22.8 Å². The van der Waals surface area contributed by atoms with Crippen LogP contribution in [0.15, 0.2) is 0 Å². The van der Waals surface area contributed by atoms with Gasteiger partial charge in [-0.25, -0.2) is 0 Å². The molecule has 0 radical (unpaired) electrons. The van der Waals surface area contributed by atoms with Crippen LogP contribution in [0.1, 0.15) is 65.2 Å². The second kappa shape index (κ2) is 4.66. The highest BCUT2D eigenvalue weighted by atomic mass is 16.3. The maximum absolute atomic E-state index is 13.0. The van der Waals surface area contributed by atoms with Crippen LogP contribution in [0.4, 0.5) is 0 Å². The lowest BCUT2D eigenvalue weighted by Gasteiger charge is -2.58. The molecule has 4 saturated carbocycles. The number of hydrogen-bond donors (Lipinski definition) is 1. The molecule has 22 heavy (non-hydrogen) atoms. The van der Waals surface area contributed by atoms with Crippen molar-refractivity contribution in [2.75, 3.05) is 0 Å². The molecular formula is C19H28O3. The van der Waals surface area contributed by atoms with Crippen molar-refractivity contribution in [3.63, 3.8) is 0 Å². The largest absolute Gasteiger partial charge is 0.393 e. The molecule has 0 unspecified atom stereocenters. The number of rotatable bonds is 0. The van der Waals surface area contributed by atoms with Crippen molar-refractivity contribution in [1.29, 1.82) is 0 Å². The van der Waals surface area contributed by atoms with Crippen molar-refractivity contribution >= 4 is 11.6 Å². The Hall–Kier alpha value is -0.700. The molecule has 0 aromatic rings. The zero-order valence-electron chi connectivity index (χ0n) is 13.8. The minimum Gasteiger partial charge on any atom is -0.393 e. The minimum absolute atomic E-state index is 0.0617. The summed E-state index contributed by atoms with van der Waals surface area (Å²) in [5.74, 6) is 2.14. The molecule has 0 saturated heterocycles. The number of hydrogen-bond acceptors (Lipinski definition) is 3. The lowest BCUT2D eigenvalue weighted by atomic mass is 9.45. The topological polar surface area (TPSA) is 54.4 Å². The number of carbonyl (C=O) groups excluding carboxylic acids is 2. The zero-order chi connectivity index (χ0) is 15.7. The van der Waals surface area contributed by atoms with Gasteiger partial charge in [-0.2, -0.15) is 0 Å². The molecule has 0 bridgehead atoms. The fourth-order valence-electron chi connectivity index (χ4n) is 6.83. The highest BCUT2D eigenvalue weighted by Gasteiger charge is 2.63. The average molecular weight is 304 g/mol. The normalized spacial score (nSPS) is 54.6. The van der Waals surface area contributed by atoms with Gasteiger partial charge in [-0.1, -0.05) is 13.8 Å². The van der Waals surface area contributed by atoms with Crippen molar-refractivity contribution in [1.82, 2.24) is 0 Å². The van der Waals surface area contributed by atoms with E-state index in [1.54, 1.807) is 0 Å². The van der Waals surface area contributed by atoms with Gasteiger partial charge in [0, 0.05) is 24.2 Å². The van der Waals surface area contributed by atoms with Gasteiger partial charge in [-0.3, -0.25) is 9.59 Å². The van der Waals surface area contributed by atoms with E-state index in [-0.39, 0.29) is 22.9 Å². The molecule has 0 aromatic carbocycles. The lowest BCUT2D eigenvalue weighted by molar-refractivity contribution is -0.162. The summed E-state index contributed by atoms with van der Waals surface area (Å²) in [6, 6.07) is 0. The van der Waals surface area contributed by atoms with E-state index in [0.717, 1.165) is 38.5 Å². The standard InChI is InChI=1S/C19H28O3/c1-18-8-7-12(20)9-11(18)3-4-13-14-5-6-16(22)19(14,2)10-15(21)17(13)18/h11-14,17,20H,3-10H2,1-2H3/t11-,12+,13-,14+,17+,18+,19+/m1/s1. The van der Waals surface area contributed by atoms with E-state index in [1.165, 1.54) is 0 Å². The van der Waals surface area contributed by atoms with Gasteiger partial charge in [0.15, 0.2) is 0 Å². The lowest BCUT2D eigenvalue weighted by Crippen LogP contribution is -2.57. The van der Waals surface area contributed by atoms with Crippen LogP contribution in [0.5, 0.6) is 0 Å². The molecule has 4 fully saturated rings. The van der Waals surface area contributed by atoms with Crippen LogP contribution in [0.3, 0.4) is 0 Å². The van der Waals surface area contributed by atoms with Crippen molar-refractivity contribution in [2.45, 2.75) is 71.3 Å². The molecule has 0 amide bonds. The van der Waals surface area contributed by atoms with E-state index >= 15 is 0 Å². The molecule has 3 heteroatoms. The van der Waals surface area contributed by atoms with Gasteiger partial charge < -0.3 is 5.11 Å². The monoisotopic (exact) mass is 304 g/mol. The number of fused-ring (bicyclic) bond motifs is 5. The molecule has 0 aromatic heterocycles. The number of carbonyl (C=O) groups is 2. The Morgan fingerprint density at radius 1 is 1.09 bits per heavy atom. The highest BCUT2D eigenvalue weighted by molar-refractivity contribution is 5.95. The maximum atomic E-state index is 13.0. The summed E-state index contributed by atoms with van der Waals surface area (Å²) in [5, 5.41) is 10.0. The van der Waals surface area contributed by atoms with Gasteiger partial charge in [0.05, 0.1) is 6.10 Å². The van der Waals surface area contributed by atoms with E-state index < -0.39 is 0 Å². The van der Waals surface area contributed by atoms with Gasteiger partial charge in [0.25, 0.3) is 0 Å². The van der Waals surface area contributed by atoms with Crippen LogP contribution in [0.25, 0.3) is 0 Å². The Bertz CT molecular complexity index is 527. The fraction of sp³-hybridized carbons (Fsp3) is 0.895. The summed E-state index contributed by atoms with van der Waals surface area (Å²) < 4.78 is 0. The van der Waals surface area contributed by atoms with Crippen molar-refractivity contribution in [3.05, 3.63) is 0 Å². The van der Waals surface area contributed by atoms with Gasteiger partial charge >= 0.3 is 0 Å². The first kappa shape index (κ1) is 14.9. The number of Topliss-reactive ketones (excluding diaryl/α,β-unsaturated/α-hetero) is 2. The van der Waals surface area contributed by atoms with E-state index in [1.807, 2.05) is 0 Å². The van der Waals surface area contributed by atoms with Crippen molar-refractivity contribution < 1.29 is 14.7 Å². The Morgan fingerprint density at radius 2 is 1.86 bits per heavy atom. The minimum atomic E-state index is -0.365. The smallest absolute Gasteiger partial charge is 0.139 e. The molecule has 0 spiro atoms. The van der Waals surface area contributed by atoms with Crippen LogP contribution < -0.4 is 0 Å². The summed E-state index contributed by atoms with van der Waals surface area (Å²) in [5.41, 5.74) is -0.304. The van der Waals surface area contributed by atoms with Gasteiger partial charge in [0.2, 0.25) is 0 Å². The molecule has 0 heterocycles. The molecule has 7 atom stereocenters. The van der Waals surface area contributed by atoms with Crippen LogP contribution >= 0.6 is 0 Å². The second-order valence-electron chi connectivity index (χ2n) is 8.98. The first-order valence-corrected chi connectivity index (χ1v) is 9.10. The number of aliphatic hydroxyl groups excluding tert-OH is 1. The summed E-state index contributed by atoms with van der Waals surface area (Å²) >= 11 is 0. The average Bonchev–Trinajstić information content (AvgIpc) is 2.75. The van der Waals surface area contributed by atoms with E-state index in [4.69, 9.17) is 0 Å². The Morgan fingerprint density at radius 3 is 2.64 bits per heavy atom. The van der Waals surface area contributed by atoms with E-state index in [9.17, 15) is 14.7 Å². The summed E-state index contributed by atoms with van der Waals surface area (Å²) in [4.78, 5) is 25.4. The van der Waals surface area contributed by atoms with Gasteiger partial charge in [-0.05, 0) is 61.7 Å². The number of aliphatic hydroxyl groups is 1. The Labute approximate surface area is 132 Å².